The van der Waals surface area contributed by atoms with Gasteiger partial charge < -0.3 is 10.6 Å². The first-order valence-electron chi connectivity index (χ1n) is 5.07. The molecule has 16 heavy (non-hydrogen) atoms. The number of rotatable bonds is 4. The quantitative estimate of drug-likeness (QED) is 0.876. The first kappa shape index (κ1) is 10.9. The number of hydrogen-bond donors (Lipinski definition) is 1. The van der Waals surface area contributed by atoms with Crippen LogP contribution >= 0.6 is 11.3 Å². The van der Waals surface area contributed by atoms with E-state index in [9.17, 15) is 0 Å². The van der Waals surface area contributed by atoms with E-state index in [4.69, 9.17) is 5.73 Å². The van der Waals surface area contributed by atoms with Crippen molar-refractivity contribution in [2.24, 2.45) is 0 Å². The molecule has 2 rings (SSSR count). The molecule has 0 atom stereocenters. The minimum atomic E-state index is 0.454. The van der Waals surface area contributed by atoms with Gasteiger partial charge in [0, 0.05) is 18.5 Å². The summed E-state index contributed by atoms with van der Waals surface area (Å²) >= 11 is 1.78. The molecule has 0 aromatic carbocycles. The Balaban J connectivity index is 1.93. The Morgan fingerprint density at radius 3 is 2.88 bits per heavy atom. The normalized spacial score (nSPS) is 10.3. The van der Waals surface area contributed by atoms with Gasteiger partial charge in [0.25, 0.3) is 0 Å². The Labute approximate surface area is 98.8 Å². The lowest BCUT2D eigenvalue weighted by molar-refractivity contribution is 0.864. The second kappa shape index (κ2) is 4.94. The van der Waals surface area contributed by atoms with Gasteiger partial charge in [-0.15, -0.1) is 11.3 Å². The van der Waals surface area contributed by atoms with Crippen molar-refractivity contribution in [1.29, 1.82) is 0 Å². The summed E-state index contributed by atoms with van der Waals surface area (Å²) in [5, 5.41) is 2.10. The van der Waals surface area contributed by atoms with E-state index in [0.717, 1.165) is 18.8 Å². The Hall–Kier alpha value is -1.62. The van der Waals surface area contributed by atoms with E-state index < -0.39 is 0 Å². The van der Waals surface area contributed by atoms with Crippen molar-refractivity contribution in [3.63, 3.8) is 0 Å². The van der Waals surface area contributed by atoms with Gasteiger partial charge >= 0.3 is 0 Å². The predicted molar refractivity (Wildman–Crippen MR) is 67.7 cm³/mol. The van der Waals surface area contributed by atoms with Crippen LogP contribution in [0.15, 0.2) is 29.9 Å². The minimum Gasteiger partial charge on any atom is -0.382 e. The number of nitrogens with two attached hydrogens (primary N) is 1. The van der Waals surface area contributed by atoms with Gasteiger partial charge in [0.15, 0.2) is 0 Å². The molecule has 2 N–H and O–H groups in total. The van der Waals surface area contributed by atoms with Crippen LogP contribution in [0.1, 0.15) is 4.88 Å². The fraction of sp³-hybridized carbons (Fsp3) is 0.273. The zero-order valence-corrected chi connectivity index (χ0v) is 9.94. The molecule has 0 saturated heterocycles. The first-order chi connectivity index (χ1) is 7.75. The Morgan fingerprint density at radius 2 is 2.25 bits per heavy atom. The molecular formula is C11H14N4S. The van der Waals surface area contributed by atoms with Crippen LogP contribution in [0.5, 0.6) is 0 Å². The smallest absolute Gasteiger partial charge is 0.146 e. The highest BCUT2D eigenvalue weighted by Gasteiger charge is 2.03. The van der Waals surface area contributed by atoms with Crippen LogP contribution in [0.4, 0.5) is 11.6 Å². The number of hydrogen-bond acceptors (Lipinski definition) is 5. The number of likely N-dealkylation sites (N-methyl/N-ethyl adjacent to an activating group) is 1. The summed E-state index contributed by atoms with van der Waals surface area (Å²) in [4.78, 5) is 11.7. The molecule has 0 aliphatic heterocycles. The molecule has 5 heteroatoms. The summed E-state index contributed by atoms with van der Waals surface area (Å²) in [5.41, 5.74) is 5.49. The maximum atomic E-state index is 5.49. The van der Waals surface area contributed by atoms with Crippen LogP contribution in [0, 0.1) is 0 Å². The van der Waals surface area contributed by atoms with Crippen LogP contribution in [0.25, 0.3) is 0 Å². The van der Waals surface area contributed by atoms with Gasteiger partial charge in [0.1, 0.15) is 11.6 Å². The molecule has 0 bridgehead atoms. The summed E-state index contributed by atoms with van der Waals surface area (Å²) in [6, 6.07) is 4.22. The molecule has 0 radical (unpaired) electrons. The second-order valence-electron chi connectivity index (χ2n) is 3.55. The summed E-state index contributed by atoms with van der Waals surface area (Å²) in [6.07, 6.45) is 4.31. The van der Waals surface area contributed by atoms with E-state index in [1.54, 1.807) is 23.7 Å². The summed E-state index contributed by atoms with van der Waals surface area (Å²) < 4.78 is 0. The number of anilines is 2. The van der Waals surface area contributed by atoms with Crippen LogP contribution in [-0.4, -0.2) is 23.6 Å². The lowest BCUT2D eigenvalue weighted by Gasteiger charge is -2.16. The van der Waals surface area contributed by atoms with Crippen molar-refractivity contribution < 1.29 is 0 Å². The van der Waals surface area contributed by atoms with Gasteiger partial charge in [0.05, 0.1) is 12.4 Å². The fourth-order valence-electron chi connectivity index (χ4n) is 1.38. The average molecular weight is 234 g/mol. The van der Waals surface area contributed by atoms with E-state index in [1.165, 1.54) is 4.88 Å². The predicted octanol–water partition coefficient (Wildman–Crippen LogP) is 1.80. The molecule has 0 aliphatic carbocycles. The zero-order valence-electron chi connectivity index (χ0n) is 9.13. The zero-order chi connectivity index (χ0) is 11.4. The molecule has 2 aromatic heterocycles. The van der Waals surface area contributed by atoms with Crippen LogP contribution in [-0.2, 0) is 6.42 Å². The largest absolute Gasteiger partial charge is 0.382 e. The van der Waals surface area contributed by atoms with Crippen molar-refractivity contribution in [1.82, 2.24) is 9.97 Å². The molecule has 0 fully saturated rings. The highest BCUT2D eigenvalue weighted by Crippen LogP contribution is 2.12. The minimum absolute atomic E-state index is 0.454. The van der Waals surface area contributed by atoms with Gasteiger partial charge in [-0.05, 0) is 17.9 Å². The summed E-state index contributed by atoms with van der Waals surface area (Å²) in [7, 11) is 2.01. The molecule has 2 heterocycles. The van der Waals surface area contributed by atoms with Gasteiger partial charge in [-0.3, -0.25) is 0 Å². The van der Waals surface area contributed by atoms with Crippen molar-refractivity contribution >= 4 is 23.0 Å². The second-order valence-corrected chi connectivity index (χ2v) is 4.58. The van der Waals surface area contributed by atoms with Crippen molar-refractivity contribution in [2.75, 3.05) is 24.2 Å². The molecule has 4 nitrogen and oxygen atoms in total. The van der Waals surface area contributed by atoms with Gasteiger partial charge in [0.2, 0.25) is 0 Å². The third-order valence-corrected chi connectivity index (χ3v) is 3.26. The van der Waals surface area contributed by atoms with E-state index >= 15 is 0 Å². The number of nitrogen functional groups attached to an aromatic ring is 1. The topological polar surface area (TPSA) is 55.0 Å². The fourth-order valence-corrected chi connectivity index (χ4v) is 2.07. The number of aromatic nitrogens is 2. The Bertz CT molecular complexity index is 424. The first-order valence-corrected chi connectivity index (χ1v) is 5.95. The Kier molecular flexibility index (Phi) is 3.36. The monoisotopic (exact) mass is 234 g/mol. The maximum absolute atomic E-state index is 5.49. The van der Waals surface area contributed by atoms with Gasteiger partial charge in [-0.25, -0.2) is 9.97 Å². The molecule has 0 saturated carbocycles. The third kappa shape index (κ3) is 2.70. The van der Waals surface area contributed by atoms with E-state index in [2.05, 4.69) is 32.4 Å². The molecule has 0 spiro atoms. The average Bonchev–Trinajstić information content (AvgIpc) is 2.80. The molecule has 84 valence electrons. The van der Waals surface area contributed by atoms with Crippen molar-refractivity contribution in [3.8, 4) is 0 Å². The molecule has 0 amide bonds. The molecule has 2 aromatic rings. The van der Waals surface area contributed by atoms with Gasteiger partial charge in [-0.1, -0.05) is 6.07 Å². The Morgan fingerprint density at radius 1 is 1.38 bits per heavy atom. The van der Waals surface area contributed by atoms with E-state index in [-0.39, 0.29) is 0 Å². The molecule has 0 unspecified atom stereocenters. The summed E-state index contributed by atoms with van der Waals surface area (Å²) in [5.74, 6) is 1.31. The van der Waals surface area contributed by atoms with E-state index in [0.29, 0.717) is 5.82 Å². The van der Waals surface area contributed by atoms with Crippen LogP contribution < -0.4 is 10.6 Å². The third-order valence-electron chi connectivity index (χ3n) is 2.32. The number of nitrogens with zero attached hydrogens (tertiary/aromatic N) is 3. The molecular weight excluding hydrogens is 220 g/mol. The number of thiophene rings is 1. The maximum Gasteiger partial charge on any atom is 0.146 e. The van der Waals surface area contributed by atoms with Crippen molar-refractivity contribution in [3.05, 3.63) is 34.8 Å². The van der Waals surface area contributed by atoms with Crippen LogP contribution in [0.2, 0.25) is 0 Å². The standard InChI is InChI=1S/C11H14N4S/c1-15(5-4-9-3-2-6-16-9)11-8-13-10(12)7-14-11/h2-3,6-8H,4-5H2,1H3,(H2,12,13). The molecule has 0 aliphatic rings. The summed E-state index contributed by atoms with van der Waals surface area (Å²) in [6.45, 7) is 0.930. The highest BCUT2D eigenvalue weighted by atomic mass is 32.1. The van der Waals surface area contributed by atoms with Crippen LogP contribution in [0.3, 0.4) is 0 Å². The SMILES string of the molecule is CN(CCc1cccs1)c1cnc(N)cn1. The highest BCUT2D eigenvalue weighted by molar-refractivity contribution is 7.09. The van der Waals surface area contributed by atoms with Gasteiger partial charge in [-0.2, -0.15) is 0 Å². The van der Waals surface area contributed by atoms with Crippen molar-refractivity contribution in [2.45, 2.75) is 6.42 Å². The lowest BCUT2D eigenvalue weighted by Crippen LogP contribution is -2.21. The lowest BCUT2D eigenvalue weighted by atomic mass is 10.3. The van der Waals surface area contributed by atoms with E-state index in [1.807, 2.05) is 7.05 Å².